The lowest BCUT2D eigenvalue weighted by Gasteiger charge is -2.34. The third-order valence-electron chi connectivity index (χ3n) is 1.49. The van der Waals surface area contributed by atoms with Crippen molar-refractivity contribution in [3.63, 3.8) is 0 Å². The first-order valence-electron chi connectivity index (χ1n) is 3.21. The first kappa shape index (κ1) is 15.3. The molecule has 0 amide bonds. The van der Waals surface area contributed by atoms with Crippen LogP contribution in [0.15, 0.2) is 0 Å². The molecule has 1 atom stereocenters. The van der Waals surface area contributed by atoms with Crippen molar-refractivity contribution in [1.29, 1.82) is 0 Å². The van der Waals surface area contributed by atoms with Crippen LogP contribution < -0.4 is 0 Å². The van der Waals surface area contributed by atoms with Gasteiger partial charge >= 0.3 is 30.3 Å². The fourth-order valence-electron chi connectivity index (χ4n) is 0.542. The first-order chi connectivity index (χ1) is 6.69. The van der Waals surface area contributed by atoms with Crippen molar-refractivity contribution in [3.8, 4) is 0 Å². The lowest BCUT2D eigenvalue weighted by Crippen LogP contribution is -2.65. The highest BCUT2D eigenvalue weighted by molar-refractivity contribution is 5.00. The molecule has 0 aliphatic carbocycles. The molecule has 0 aliphatic heterocycles. The van der Waals surface area contributed by atoms with Crippen LogP contribution in [0.2, 0.25) is 0 Å². The molecule has 98 valence electrons. The minimum absolute atomic E-state index is 5.24. The van der Waals surface area contributed by atoms with E-state index in [1.54, 1.807) is 0 Å². The van der Waals surface area contributed by atoms with E-state index in [1.807, 2.05) is 0 Å². The van der Waals surface area contributed by atoms with Crippen LogP contribution in [0.25, 0.3) is 0 Å². The molecule has 1 nitrogen and oxygen atoms in total. The second-order valence-corrected chi connectivity index (χ2v) is 2.62. The molecule has 0 bridgehead atoms. The standard InChI is InChI=1S/C5H2F10O/c6-1(7)2(8,9)4(12,16)3(10,11)5(13,14)15/h1,16H. The van der Waals surface area contributed by atoms with Crippen LogP contribution in [-0.4, -0.2) is 35.4 Å². The Kier molecular flexibility index (Phi) is 3.47. The second kappa shape index (κ2) is 3.64. The van der Waals surface area contributed by atoms with Gasteiger partial charge in [-0.3, -0.25) is 0 Å². The van der Waals surface area contributed by atoms with E-state index in [0.29, 0.717) is 0 Å². The smallest absolute Gasteiger partial charge is 0.352 e. The summed E-state index contributed by atoms with van der Waals surface area (Å²) in [7, 11) is 0. The minimum atomic E-state index is -7.04. The van der Waals surface area contributed by atoms with Crippen LogP contribution in [0, 0.1) is 0 Å². The number of halogens is 10. The van der Waals surface area contributed by atoms with Crippen LogP contribution in [0.4, 0.5) is 43.9 Å². The normalized spacial score (nSPS) is 18.8. The number of hydrogen-bond acceptors (Lipinski definition) is 1. The third-order valence-corrected chi connectivity index (χ3v) is 1.49. The Labute approximate surface area is 80.6 Å². The summed E-state index contributed by atoms with van der Waals surface area (Å²) in [5.74, 6) is -20.4. The van der Waals surface area contributed by atoms with Crippen molar-refractivity contribution >= 4 is 0 Å². The summed E-state index contributed by atoms with van der Waals surface area (Å²) in [6.07, 6.45) is -12.2. The molecule has 0 rings (SSSR count). The Morgan fingerprint density at radius 2 is 1.06 bits per heavy atom. The molecule has 0 spiro atoms. The number of hydrogen-bond donors (Lipinski definition) is 1. The maximum absolute atomic E-state index is 12.2. The van der Waals surface area contributed by atoms with Crippen LogP contribution in [-0.2, 0) is 0 Å². The van der Waals surface area contributed by atoms with Crippen LogP contribution in [0.5, 0.6) is 0 Å². The number of rotatable bonds is 3. The van der Waals surface area contributed by atoms with Crippen LogP contribution in [0.3, 0.4) is 0 Å². The summed E-state index contributed by atoms with van der Waals surface area (Å²) in [4.78, 5) is 0. The third kappa shape index (κ3) is 1.92. The summed E-state index contributed by atoms with van der Waals surface area (Å²) in [5, 5.41) is 7.71. The van der Waals surface area contributed by atoms with Gasteiger partial charge in [0.25, 0.3) is 0 Å². The Morgan fingerprint density at radius 3 is 1.25 bits per heavy atom. The Hall–Kier alpha value is -0.740. The molecular formula is C5H2F10O. The van der Waals surface area contributed by atoms with Gasteiger partial charge in [-0.2, -0.15) is 35.1 Å². The average molecular weight is 268 g/mol. The number of alkyl halides is 10. The van der Waals surface area contributed by atoms with E-state index in [-0.39, 0.29) is 0 Å². The molecule has 1 unspecified atom stereocenters. The molecule has 0 fully saturated rings. The van der Waals surface area contributed by atoms with Gasteiger partial charge in [-0.1, -0.05) is 0 Å². The lowest BCUT2D eigenvalue weighted by molar-refractivity contribution is -0.430. The van der Waals surface area contributed by atoms with E-state index in [9.17, 15) is 43.9 Å². The summed E-state index contributed by atoms with van der Waals surface area (Å²) < 4.78 is 117. The zero-order chi connectivity index (χ0) is 13.6. The van der Waals surface area contributed by atoms with Gasteiger partial charge < -0.3 is 5.11 Å². The molecule has 16 heavy (non-hydrogen) atoms. The molecule has 0 aromatic heterocycles. The van der Waals surface area contributed by atoms with Gasteiger partial charge in [-0.15, -0.1) is 0 Å². The summed E-state index contributed by atoms with van der Waals surface area (Å²) in [6.45, 7) is 0. The van der Waals surface area contributed by atoms with E-state index < -0.39 is 30.3 Å². The fourth-order valence-corrected chi connectivity index (χ4v) is 0.542. The monoisotopic (exact) mass is 268 g/mol. The Bertz CT molecular complexity index is 252. The summed E-state index contributed by atoms with van der Waals surface area (Å²) in [5.41, 5.74) is 0. The number of aliphatic hydroxyl groups is 1. The van der Waals surface area contributed by atoms with Crippen molar-refractivity contribution in [2.45, 2.75) is 30.3 Å². The van der Waals surface area contributed by atoms with E-state index in [0.717, 1.165) is 0 Å². The van der Waals surface area contributed by atoms with Gasteiger partial charge in [0.2, 0.25) is 0 Å². The topological polar surface area (TPSA) is 20.2 Å². The Morgan fingerprint density at radius 1 is 0.750 bits per heavy atom. The maximum Gasteiger partial charge on any atom is 0.459 e. The van der Waals surface area contributed by atoms with Crippen molar-refractivity contribution in [2.24, 2.45) is 0 Å². The minimum Gasteiger partial charge on any atom is -0.352 e. The SMILES string of the molecule is OC(F)(C(F)(F)C(F)F)C(F)(F)C(F)(F)F. The molecule has 0 radical (unpaired) electrons. The van der Waals surface area contributed by atoms with Gasteiger partial charge in [-0.05, 0) is 0 Å². The van der Waals surface area contributed by atoms with E-state index >= 15 is 0 Å². The van der Waals surface area contributed by atoms with Gasteiger partial charge in [0.05, 0.1) is 0 Å². The summed E-state index contributed by atoms with van der Waals surface area (Å²) >= 11 is 0. The second-order valence-electron chi connectivity index (χ2n) is 2.62. The molecule has 0 aliphatic rings. The molecule has 0 aromatic rings. The van der Waals surface area contributed by atoms with Crippen molar-refractivity contribution in [2.75, 3.05) is 0 Å². The lowest BCUT2D eigenvalue weighted by atomic mass is 10.0. The molecule has 0 saturated carbocycles. The molecule has 0 aromatic carbocycles. The predicted molar refractivity (Wildman–Crippen MR) is 28.0 cm³/mol. The highest BCUT2D eigenvalue weighted by Crippen LogP contribution is 2.52. The van der Waals surface area contributed by atoms with Crippen molar-refractivity contribution in [3.05, 3.63) is 0 Å². The van der Waals surface area contributed by atoms with Gasteiger partial charge in [0, 0.05) is 0 Å². The molecule has 1 N–H and O–H groups in total. The van der Waals surface area contributed by atoms with Crippen molar-refractivity contribution in [1.82, 2.24) is 0 Å². The first-order valence-corrected chi connectivity index (χ1v) is 3.21. The zero-order valence-corrected chi connectivity index (χ0v) is 6.80. The van der Waals surface area contributed by atoms with Gasteiger partial charge in [-0.25, -0.2) is 8.78 Å². The van der Waals surface area contributed by atoms with Gasteiger partial charge in [0.1, 0.15) is 0 Å². The van der Waals surface area contributed by atoms with E-state index in [4.69, 9.17) is 5.11 Å². The largest absolute Gasteiger partial charge is 0.459 e. The average Bonchev–Trinajstić information content (AvgIpc) is 2.00. The van der Waals surface area contributed by atoms with E-state index in [1.165, 1.54) is 0 Å². The Balaban J connectivity index is 5.53. The molecular weight excluding hydrogens is 266 g/mol. The molecule has 0 saturated heterocycles. The fraction of sp³-hybridized carbons (Fsp3) is 1.00. The molecule has 11 heteroatoms. The van der Waals surface area contributed by atoms with E-state index in [2.05, 4.69) is 0 Å². The predicted octanol–water partition coefficient (Wildman–Crippen LogP) is 2.74. The van der Waals surface area contributed by atoms with Crippen LogP contribution >= 0.6 is 0 Å². The highest BCUT2D eigenvalue weighted by Gasteiger charge is 2.82. The zero-order valence-electron chi connectivity index (χ0n) is 6.80. The molecule has 0 heterocycles. The highest BCUT2D eigenvalue weighted by atomic mass is 19.4. The van der Waals surface area contributed by atoms with Crippen molar-refractivity contribution < 1.29 is 49.0 Å². The van der Waals surface area contributed by atoms with Crippen LogP contribution in [0.1, 0.15) is 0 Å². The quantitative estimate of drug-likeness (QED) is 0.780. The maximum atomic E-state index is 12.2. The summed E-state index contributed by atoms with van der Waals surface area (Å²) in [6, 6.07) is 0. The van der Waals surface area contributed by atoms with Gasteiger partial charge in [0.15, 0.2) is 0 Å².